The molecule has 3 heteroatoms. The summed E-state index contributed by atoms with van der Waals surface area (Å²) in [6, 6.07) is 5.54. The van der Waals surface area contributed by atoms with Gasteiger partial charge in [-0.05, 0) is 30.7 Å². The van der Waals surface area contributed by atoms with Crippen LogP contribution in [0.1, 0.15) is 25.0 Å². The van der Waals surface area contributed by atoms with Gasteiger partial charge in [-0.25, -0.2) is 0 Å². The molecule has 0 heterocycles. The normalized spacial score (nSPS) is 9.71. The SMILES string of the molecule is Cc1cc(C#CCO)ccc1NC(=O)C(C)C. The molecule has 2 N–H and O–H groups in total. The maximum atomic E-state index is 11.5. The molecular formula is C14H17NO2. The monoisotopic (exact) mass is 231 g/mol. The van der Waals surface area contributed by atoms with Gasteiger partial charge in [-0.3, -0.25) is 4.79 Å². The molecule has 0 unspecified atom stereocenters. The second kappa shape index (κ2) is 6.07. The smallest absolute Gasteiger partial charge is 0.226 e. The maximum absolute atomic E-state index is 11.5. The zero-order chi connectivity index (χ0) is 12.8. The van der Waals surface area contributed by atoms with Gasteiger partial charge in [0, 0.05) is 17.2 Å². The number of anilines is 1. The highest BCUT2D eigenvalue weighted by atomic mass is 16.2. The average Bonchev–Trinajstić information content (AvgIpc) is 2.29. The van der Waals surface area contributed by atoms with Crippen molar-refractivity contribution in [2.45, 2.75) is 20.8 Å². The van der Waals surface area contributed by atoms with Gasteiger partial charge in [0.2, 0.25) is 5.91 Å². The summed E-state index contributed by atoms with van der Waals surface area (Å²) in [5.41, 5.74) is 2.60. The Balaban J connectivity index is 2.87. The quantitative estimate of drug-likeness (QED) is 0.764. The van der Waals surface area contributed by atoms with Gasteiger partial charge in [-0.1, -0.05) is 25.7 Å². The number of carbonyl (C=O) groups excluding carboxylic acids is 1. The van der Waals surface area contributed by atoms with Crippen LogP contribution >= 0.6 is 0 Å². The van der Waals surface area contributed by atoms with Crippen LogP contribution in [0.5, 0.6) is 0 Å². The van der Waals surface area contributed by atoms with E-state index in [0.29, 0.717) is 0 Å². The Morgan fingerprint density at radius 1 is 1.47 bits per heavy atom. The Morgan fingerprint density at radius 3 is 2.71 bits per heavy atom. The number of hydrogen-bond acceptors (Lipinski definition) is 2. The van der Waals surface area contributed by atoms with Gasteiger partial charge in [0.25, 0.3) is 0 Å². The Kier molecular flexibility index (Phi) is 4.74. The summed E-state index contributed by atoms with van der Waals surface area (Å²) in [4.78, 5) is 11.5. The van der Waals surface area contributed by atoms with E-state index in [1.54, 1.807) is 0 Å². The standard InChI is InChI=1S/C14H17NO2/c1-10(2)14(17)15-13-7-6-12(5-4-8-16)9-11(13)3/h6-7,9-10,16H,8H2,1-3H3,(H,15,17). The minimum absolute atomic E-state index is 0.00212. The van der Waals surface area contributed by atoms with Gasteiger partial charge in [-0.15, -0.1) is 0 Å². The predicted molar refractivity (Wildman–Crippen MR) is 68.6 cm³/mol. The first-order chi connectivity index (χ1) is 8.04. The van der Waals surface area contributed by atoms with E-state index in [1.807, 2.05) is 39.0 Å². The summed E-state index contributed by atoms with van der Waals surface area (Å²) in [7, 11) is 0. The van der Waals surface area contributed by atoms with Crippen LogP contribution in [0.15, 0.2) is 18.2 Å². The third kappa shape index (κ3) is 3.93. The van der Waals surface area contributed by atoms with Crippen LogP contribution in [0.4, 0.5) is 5.69 Å². The lowest BCUT2D eigenvalue weighted by Crippen LogP contribution is -2.18. The molecule has 1 aromatic rings. The summed E-state index contributed by atoms with van der Waals surface area (Å²) in [6.45, 7) is 5.47. The molecule has 0 spiro atoms. The van der Waals surface area contributed by atoms with Gasteiger partial charge >= 0.3 is 0 Å². The number of amides is 1. The van der Waals surface area contributed by atoms with Crippen molar-refractivity contribution in [2.75, 3.05) is 11.9 Å². The number of rotatable bonds is 2. The zero-order valence-electron chi connectivity index (χ0n) is 10.4. The Morgan fingerprint density at radius 2 is 2.18 bits per heavy atom. The third-order valence-electron chi connectivity index (χ3n) is 2.32. The van der Waals surface area contributed by atoms with Crippen molar-refractivity contribution in [2.24, 2.45) is 5.92 Å². The highest BCUT2D eigenvalue weighted by molar-refractivity contribution is 5.92. The molecule has 90 valence electrons. The molecule has 0 aliphatic carbocycles. The van der Waals surface area contributed by atoms with Crippen LogP contribution in [-0.4, -0.2) is 17.6 Å². The molecule has 0 saturated heterocycles. The minimum Gasteiger partial charge on any atom is -0.384 e. The van der Waals surface area contributed by atoms with E-state index in [2.05, 4.69) is 17.2 Å². The number of benzene rings is 1. The number of aliphatic hydroxyl groups is 1. The summed E-state index contributed by atoms with van der Waals surface area (Å²) in [6.07, 6.45) is 0. The van der Waals surface area contributed by atoms with E-state index in [9.17, 15) is 4.79 Å². The van der Waals surface area contributed by atoms with E-state index in [1.165, 1.54) is 0 Å². The second-order valence-corrected chi connectivity index (χ2v) is 4.13. The molecule has 3 nitrogen and oxygen atoms in total. The van der Waals surface area contributed by atoms with Crippen molar-refractivity contribution in [3.05, 3.63) is 29.3 Å². The van der Waals surface area contributed by atoms with Gasteiger partial charge in [-0.2, -0.15) is 0 Å². The number of carbonyl (C=O) groups is 1. The lowest BCUT2D eigenvalue weighted by atomic mass is 10.1. The summed E-state index contributed by atoms with van der Waals surface area (Å²) in [5.74, 6) is 5.38. The molecule has 1 amide bonds. The lowest BCUT2D eigenvalue weighted by Gasteiger charge is -2.10. The highest BCUT2D eigenvalue weighted by Gasteiger charge is 2.08. The molecule has 0 saturated carbocycles. The average molecular weight is 231 g/mol. The van der Waals surface area contributed by atoms with E-state index >= 15 is 0 Å². The van der Waals surface area contributed by atoms with Crippen molar-refractivity contribution >= 4 is 11.6 Å². The fourth-order valence-corrected chi connectivity index (χ4v) is 1.30. The topological polar surface area (TPSA) is 49.3 Å². The molecule has 0 atom stereocenters. The Hall–Kier alpha value is -1.79. The van der Waals surface area contributed by atoms with Crippen molar-refractivity contribution < 1.29 is 9.90 Å². The first-order valence-electron chi connectivity index (χ1n) is 5.56. The predicted octanol–water partition coefficient (Wildman–Crippen LogP) is 1.93. The van der Waals surface area contributed by atoms with Crippen LogP contribution < -0.4 is 5.32 Å². The molecule has 1 aromatic carbocycles. The fraction of sp³-hybridized carbons (Fsp3) is 0.357. The molecule has 0 aliphatic heterocycles. The zero-order valence-corrected chi connectivity index (χ0v) is 10.4. The summed E-state index contributed by atoms with van der Waals surface area (Å²) in [5, 5.41) is 11.5. The molecule has 17 heavy (non-hydrogen) atoms. The van der Waals surface area contributed by atoms with Gasteiger partial charge < -0.3 is 10.4 Å². The van der Waals surface area contributed by atoms with Crippen molar-refractivity contribution in [1.82, 2.24) is 0 Å². The Bertz CT molecular complexity index is 467. The van der Waals surface area contributed by atoms with Crippen LogP contribution in [-0.2, 0) is 4.79 Å². The molecule has 0 aromatic heterocycles. The number of hydrogen-bond donors (Lipinski definition) is 2. The van der Waals surface area contributed by atoms with Crippen molar-refractivity contribution in [3.63, 3.8) is 0 Å². The molecule has 1 rings (SSSR count). The van der Waals surface area contributed by atoms with Gasteiger partial charge in [0.05, 0.1) is 0 Å². The van der Waals surface area contributed by atoms with Crippen LogP contribution in [0.3, 0.4) is 0 Å². The maximum Gasteiger partial charge on any atom is 0.226 e. The first kappa shape index (κ1) is 13.3. The van der Waals surface area contributed by atoms with Crippen LogP contribution in [0.25, 0.3) is 0 Å². The Labute approximate surface area is 102 Å². The largest absolute Gasteiger partial charge is 0.384 e. The van der Waals surface area contributed by atoms with Gasteiger partial charge in [0.15, 0.2) is 0 Å². The highest BCUT2D eigenvalue weighted by Crippen LogP contribution is 2.16. The molecular weight excluding hydrogens is 214 g/mol. The molecule has 0 fully saturated rings. The number of nitrogens with one attached hydrogen (secondary N) is 1. The van der Waals surface area contributed by atoms with Crippen LogP contribution in [0.2, 0.25) is 0 Å². The van der Waals surface area contributed by atoms with Crippen molar-refractivity contribution in [1.29, 1.82) is 0 Å². The first-order valence-corrected chi connectivity index (χ1v) is 5.56. The van der Waals surface area contributed by atoms with Gasteiger partial charge in [0.1, 0.15) is 6.61 Å². The van der Waals surface area contributed by atoms with E-state index in [4.69, 9.17) is 5.11 Å². The summed E-state index contributed by atoms with van der Waals surface area (Å²) >= 11 is 0. The number of aryl methyl sites for hydroxylation is 1. The van der Waals surface area contributed by atoms with E-state index < -0.39 is 0 Å². The molecule has 0 radical (unpaired) electrons. The van der Waals surface area contributed by atoms with E-state index in [0.717, 1.165) is 16.8 Å². The molecule has 0 aliphatic rings. The summed E-state index contributed by atoms with van der Waals surface area (Å²) < 4.78 is 0. The minimum atomic E-state index is -0.148. The number of aliphatic hydroxyl groups excluding tert-OH is 1. The van der Waals surface area contributed by atoms with Crippen molar-refractivity contribution in [3.8, 4) is 11.8 Å². The second-order valence-electron chi connectivity index (χ2n) is 4.13. The lowest BCUT2D eigenvalue weighted by molar-refractivity contribution is -0.118. The third-order valence-corrected chi connectivity index (χ3v) is 2.32. The molecule has 0 bridgehead atoms. The van der Waals surface area contributed by atoms with Crippen LogP contribution in [0, 0.1) is 24.7 Å². The fourth-order valence-electron chi connectivity index (χ4n) is 1.30. The van der Waals surface area contributed by atoms with E-state index in [-0.39, 0.29) is 18.4 Å².